The number of hydrogen-bond donors (Lipinski definition) is 2. The molecule has 2 amide bonds. The number of thioether (sulfide) groups is 2. The maximum absolute atomic E-state index is 13.5. The second-order valence-corrected chi connectivity index (χ2v) is 40.2. The van der Waals surface area contributed by atoms with Gasteiger partial charge in [-0.1, -0.05) is 23.5 Å². The molecule has 4 fully saturated rings. The molecule has 4 aliphatic heterocycles. The van der Waals surface area contributed by atoms with Gasteiger partial charge in [0.1, 0.15) is 96.3 Å². The van der Waals surface area contributed by atoms with Crippen molar-refractivity contribution in [3.8, 4) is 0 Å². The Hall–Kier alpha value is 9.24. The first-order valence-corrected chi connectivity index (χ1v) is 51.3. The van der Waals surface area contributed by atoms with Gasteiger partial charge < -0.3 is 103 Å². The molecule has 96 heteroatoms. The fourth-order valence-corrected chi connectivity index (χ4v) is 19.3. The fourth-order valence-electron chi connectivity index (χ4n) is 10.8. The zero-order chi connectivity index (χ0) is 95.5. The van der Waals surface area contributed by atoms with Gasteiger partial charge in [-0.2, -0.15) is 0 Å². The van der Waals surface area contributed by atoms with Crippen molar-refractivity contribution in [2.75, 3.05) is 37.1 Å². The molecule has 3 aromatic rings. The van der Waals surface area contributed by atoms with E-state index in [2.05, 4.69) is 69.2 Å². The molecule has 0 saturated carbocycles. The largest absolute Gasteiger partial charge is 1.00 e. The monoisotopic (exact) mass is 2460 g/mol. The van der Waals surface area contributed by atoms with Crippen LogP contribution in [0.15, 0.2) is 82.6 Å². The minimum Gasteiger partial charge on any atom is -0.726 e. The van der Waals surface area contributed by atoms with Crippen LogP contribution >= 0.6 is 23.5 Å². The summed E-state index contributed by atoms with van der Waals surface area (Å²) in [5.41, 5.74) is -6.24. The van der Waals surface area contributed by atoms with Gasteiger partial charge in [-0.3, -0.25) is 68.2 Å². The standard InChI is InChI=1S/C44H56N2O64S16.14Na/c47-39(45-19-5-9-21(10-6-19)111-43-37(109-125(85,86)87)31(103-119(67,68)69)27(23(97-43)13-91-113(49,50)51)99-41-35(107-123(79,80)81)33(105-121(73,74)75)29(101-117(61,62)63)25(95-41)15-93-115(55,56)57)17-1-2-18(4-3-17)40(48)46-20-7-11-22(12-8-20)112-44-38(110-126(88,89)90)32(104-120(70,71)72)28(24(98-44)14-92-114(52,53)54)100-42-36(108-124(82,83)84)34(106-122(76,77)78)30(102-118(64,65)66)26(96-42)16-94-116(58,59)60;;;;;;;;;;;;;;/h1-12,23-38,41-44H,13-16H2,(H,45,47)(H,46,48)(H,49,50,51)(H,52,53,54)(H,55,56,57)(H,58,59,60)(H,61,62,63)(H,64,65,66)(H,67,68,69)(H,70,71,72)(H,73,74,75)(H,76,77,78)(H,79,80,81)(H,82,83,84)(H,85,86,87)(H,88,89,90);;;;;;;;;;;;;;/q;14*+1/p-14/t23-,24-,25-,26-,27-,28-,29-,30-,31+,32+,33+,34+,35-,36-,37-,38-,41-,42-,43+,44+;;;;;;;;;;;;;;/m1............../s1. The first-order chi connectivity index (χ1) is 56.9. The van der Waals surface area contributed by atoms with Crippen LogP contribution in [0.5, 0.6) is 0 Å². The van der Waals surface area contributed by atoms with E-state index < -0.39 is 305 Å². The average molecular weight is 2460 g/mol. The molecule has 140 heavy (non-hydrogen) atoms. The second-order valence-electron chi connectivity index (χ2n) is 23.6. The van der Waals surface area contributed by atoms with Crippen LogP contribution in [0.1, 0.15) is 20.7 Å². The molecule has 3 aromatic carbocycles. The Morgan fingerprint density at radius 3 is 0.614 bits per heavy atom. The smallest absolute Gasteiger partial charge is 0.726 e. The van der Waals surface area contributed by atoms with Crippen molar-refractivity contribution >= 4 is 192 Å². The van der Waals surface area contributed by atoms with Crippen molar-refractivity contribution in [2.45, 2.75) is 131 Å². The van der Waals surface area contributed by atoms with Crippen LogP contribution in [0, 0.1) is 0 Å². The molecule has 0 aliphatic carbocycles. The predicted molar refractivity (Wildman–Crippen MR) is 360 cm³/mol. The van der Waals surface area contributed by atoms with Crippen molar-refractivity contribution < 1.29 is 692 Å². The zero-order valence-corrected chi connectivity index (χ0v) is 114. The Morgan fingerprint density at radius 2 is 0.414 bits per heavy atom. The number of ether oxygens (including phenoxy) is 6. The number of amides is 2. The van der Waals surface area contributed by atoms with Crippen LogP contribution in [0.4, 0.5) is 11.4 Å². The van der Waals surface area contributed by atoms with Gasteiger partial charge >= 0.3 is 414 Å². The number of carbonyl (C=O) groups is 2. The van der Waals surface area contributed by atoms with Crippen molar-refractivity contribution in [1.29, 1.82) is 0 Å². The Morgan fingerprint density at radius 1 is 0.236 bits per heavy atom. The molecular weight excluding hydrogens is 2420 g/mol. The van der Waals surface area contributed by atoms with Gasteiger partial charge in [0.25, 0.3) is 11.8 Å². The van der Waals surface area contributed by atoms with Gasteiger partial charge in [0.2, 0.25) is 146 Å². The van der Waals surface area contributed by atoms with Gasteiger partial charge in [0.15, 0.2) is 24.8 Å². The first-order valence-electron chi connectivity index (χ1n) is 30.9. The van der Waals surface area contributed by atoms with E-state index in [4.69, 9.17) is 28.4 Å². The number of rotatable bonds is 44. The Labute approximate surface area is 1110 Å². The normalized spacial score (nSPS) is 25.4. The Bertz CT molecular complexity index is 5830. The summed E-state index contributed by atoms with van der Waals surface area (Å²) in [5.74, 6) is -2.10. The molecule has 4 saturated heterocycles. The molecule has 0 aromatic heterocycles. The predicted octanol–water partition coefficient (Wildman–Crippen LogP) is -53.5. The van der Waals surface area contributed by atoms with E-state index in [9.17, 15) is 191 Å². The SMILES string of the molecule is O=C(Nc1ccc(S[C@@H]2O[C@H](COS(=O)(=O)[O-])[C@@H](O[C@H]3O[C@H](COS(=O)(=O)[O-])[C@@H](OS(=O)(=O)[O-])[C@H](OS(=O)(=O)[O-])[C@H]3OS(=O)(=O)[O-])[C@H](OS(=O)(=O)[O-])[C@H]2OS(=O)(=O)[O-])cc1)c1ccc(C(=O)Nc2ccc(S[C@@H]3O[C@H](COS(=O)(=O)[O-])[C@@H](O[C@H]4O[C@H](COS(=O)(=O)[O-])[C@@H](OS(=O)(=O)[O-])[C@H](OS(=O)(=O)[O-])[C@H]4OS(=O)(=O)[O-])[C@H](OS(=O)(=O)[O-])[C@H]3OS(=O)(=O)[O-])cc2)cc1.[Na+].[Na+].[Na+].[Na+].[Na+].[Na+].[Na+].[Na+].[Na+].[Na+].[Na+].[Na+].[Na+].[Na+]. The minimum absolute atomic E-state index is 0. The summed E-state index contributed by atoms with van der Waals surface area (Å²) in [6, 6.07) is 11.5. The van der Waals surface area contributed by atoms with Gasteiger partial charge in [-0.25, -0.2) is 118 Å². The van der Waals surface area contributed by atoms with Gasteiger partial charge in [0.05, 0.1) is 26.4 Å². The molecular formula is C44H42N2Na14O64S16. The van der Waals surface area contributed by atoms with Crippen molar-refractivity contribution in [1.82, 2.24) is 0 Å². The summed E-state index contributed by atoms with van der Waals surface area (Å²) in [5, 5.41) is 4.66. The van der Waals surface area contributed by atoms with Crippen molar-refractivity contribution in [3.63, 3.8) is 0 Å². The maximum Gasteiger partial charge on any atom is 1.00 e. The van der Waals surface area contributed by atoms with Crippen molar-refractivity contribution in [2.24, 2.45) is 0 Å². The molecule has 2 N–H and O–H groups in total. The van der Waals surface area contributed by atoms with Crippen LogP contribution in [0.25, 0.3) is 0 Å². The van der Waals surface area contributed by atoms with E-state index >= 15 is 0 Å². The summed E-state index contributed by atoms with van der Waals surface area (Å²) in [4.78, 5) is 26.3. The molecule has 0 radical (unpaired) electrons. The number of carbonyl (C=O) groups excluding carboxylic acids is 2. The minimum atomic E-state index is -6.62. The summed E-state index contributed by atoms with van der Waals surface area (Å²) in [7, 11) is -89.9. The van der Waals surface area contributed by atoms with Gasteiger partial charge in [-0.05, 0) is 72.8 Å². The third-order valence-corrected chi connectivity index (χ3v) is 23.5. The molecule has 0 spiro atoms. The molecule has 0 unspecified atom stereocenters. The van der Waals surface area contributed by atoms with E-state index in [1.54, 1.807) is 0 Å². The number of benzene rings is 3. The van der Waals surface area contributed by atoms with E-state index in [0.717, 1.165) is 72.8 Å². The van der Waals surface area contributed by atoms with E-state index in [-0.39, 0.29) is 470 Å². The molecule has 20 atom stereocenters. The quantitative estimate of drug-likeness (QED) is 0.0301. The summed E-state index contributed by atoms with van der Waals surface area (Å²) < 4.78 is 593. The number of nitrogens with one attached hydrogen (secondary N) is 2. The summed E-state index contributed by atoms with van der Waals surface area (Å²) >= 11 is 0.0104. The van der Waals surface area contributed by atoms with Gasteiger partial charge in [0, 0.05) is 32.3 Å². The summed E-state index contributed by atoms with van der Waals surface area (Å²) in [6.07, 6.45) is -59.8. The topological polar surface area (TPSA) is 1040 Å². The average Bonchev–Trinajstić information content (AvgIpc) is 0.756. The molecule has 4 heterocycles. The third kappa shape index (κ3) is 62.1. The molecule has 7 rings (SSSR count). The summed E-state index contributed by atoms with van der Waals surface area (Å²) in [6.45, 7) is -8.23. The zero-order valence-electron chi connectivity index (χ0n) is 73.0. The van der Waals surface area contributed by atoms with E-state index in [0.29, 0.717) is 0 Å². The molecule has 0 bridgehead atoms. The second kappa shape index (κ2) is 68.1. The third-order valence-electron chi connectivity index (χ3n) is 14.9. The van der Waals surface area contributed by atoms with Crippen LogP contribution in [0.3, 0.4) is 0 Å². The fraction of sp³-hybridized carbons (Fsp3) is 0.545. The molecule has 66 nitrogen and oxygen atoms in total. The van der Waals surface area contributed by atoms with Crippen LogP contribution < -0.4 is 424 Å². The Kier molecular flexibility index (Phi) is 80.0. The number of anilines is 2. The van der Waals surface area contributed by atoms with Crippen LogP contribution in [0.2, 0.25) is 0 Å². The maximum atomic E-state index is 13.5. The molecule has 722 valence electrons. The van der Waals surface area contributed by atoms with Gasteiger partial charge in [-0.15, -0.1) is 0 Å². The molecule has 4 aliphatic rings. The van der Waals surface area contributed by atoms with E-state index in [1.165, 1.54) is 0 Å². The Balaban J connectivity index is -0.00000207. The van der Waals surface area contributed by atoms with E-state index in [1.807, 2.05) is 0 Å². The number of hydrogen-bond acceptors (Lipinski definition) is 66. The van der Waals surface area contributed by atoms with Crippen molar-refractivity contribution in [3.05, 3.63) is 83.9 Å². The first kappa shape index (κ1) is 164. The van der Waals surface area contributed by atoms with Crippen LogP contribution in [-0.4, -0.2) is 341 Å². The van der Waals surface area contributed by atoms with Crippen LogP contribution in [-0.2, 0) is 233 Å².